The van der Waals surface area contributed by atoms with Gasteiger partial charge in [-0.3, -0.25) is 0 Å². The van der Waals surface area contributed by atoms with Crippen molar-refractivity contribution < 1.29 is 0 Å². The lowest BCUT2D eigenvalue weighted by Gasteiger charge is -2.16. The van der Waals surface area contributed by atoms with E-state index in [0.717, 1.165) is 10.9 Å². The minimum Gasteiger partial charge on any atom is -0.319 e. The van der Waals surface area contributed by atoms with Crippen LogP contribution in [0.4, 0.5) is 0 Å². The molecule has 0 radical (unpaired) electrons. The minimum absolute atomic E-state index is 0.426. The van der Waals surface area contributed by atoms with Crippen molar-refractivity contribution in [3.05, 3.63) is 29.7 Å². The van der Waals surface area contributed by atoms with E-state index in [0.29, 0.717) is 0 Å². The largest absolute Gasteiger partial charge is 0.319 e. The van der Waals surface area contributed by atoms with Crippen molar-refractivity contribution in [1.29, 1.82) is 0 Å². The molecule has 3 nitrogen and oxygen atoms in total. The van der Waals surface area contributed by atoms with Crippen molar-refractivity contribution in [1.82, 2.24) is 9.38 Å². The Kier molecular flexibility index (Phi) is 2.72. The van der Waals surface area contributed by atoms with Gasteiger partial charge in [-0.05, 0) is 38.7 Å². The number of hydrogen-bond acceptors (Lipinski definition) is 3. The van der Waals surface area contributed by atoms with Crippen LogP contribution in [-0.2, 0) is 5.54 Å². The number of rotatable bonds is 2. The second-order valence-corrected chi connectivity index (χ2v) is 5.37. The van der Waals surface area contributed by atoms with Gasteiger partial charge in [0.05, 0.1) is 11.1 Å². The van der Waals surface area contributed by atoms with Crippen molar-refractivity contribution in [3.63, 3.8) is 0 Å². The molecule has 2 rings (SSSR count). The minimum atomic E-state index is -0.426. The highest BCUT2D eigenvalue weighted by atomic mass is 32.2. The molecule has 4 heteroatoms. The molecule has 0 saturated carbocycles. The Morgan fingerprint density at radius 3 is 2.69 bits per heavy atom. The number of aromatic nitrogens is 2. The third-order valence-corrected chi connectivity index (χ3v) is 3.27. The highest BCUT2D eigenvalue weighted by Crippen LogP contribution is 2.28. The van der Waals surface area contributed by atoms with Gasteiger partial charge < -0.3 is 10.1 Å². The van der Waals surface area contributed by atoms with Crippen LogP contribution < -0.4 is 5.73 Å². The van der Waals surface area contributed by atoms with Gasteiger partial charge in [0, 0.05) is 6.20 Å². The molecular formula is C12H17N3S. The summed E-state index contributed by atoms with van der Waals surface area (Å²) in [6.07, 6.45) is 4.07. The van der Waals surface area contributed by atoms with E-state index in [-0.39, 0.29) is 0 Å². The van der Waals surface area contributed by atoms with Gasteiger partial charge in [0.2, 0.25) is 0 Å². The number of thioether (sulfide) groups is 1. The maximum absolute atomic E-state index is 6.15. The van der Waals surface area contributed by atoms with Crippen LogP contribution in [0.5, 0.6) is 0 Å². The Balaban J connectivity index is 2.84. The number of aryl methyl sites for hydroxylation is 1. The monoisotopic (exact) mass is 235 g/mol. The molecule has 0 spiro atoms. The van der Waals surface area contributed by atoms with Crippen LogP contribution >= 0.6 is 11.8 Å². The van der Waals surface area contributed by atoms with E-state index in [1.54, 1.807) is 11.8 Å². The Hall–Kier alpha value is -1.00. The van der Waals surface area contributed by atoms with Gasteiger partial charge in [0.25, 0.3) is 0 Å². The maximum atomic E-state index is 6.15. The van der Waals surface area contributed by atoms with Gasteiger partial charge in [-0.2, -0.15) is 0 Å². The number of fused-ring (bicyclic) bond motifs is 1. The van der Waals surface area contributed by atoms with Crippen LogP contribution in [0.15, 0.2) is 23.4 Å². The van der Waals surface area contributed by atoms with Crippen LogP contribution in [0.1, 0.15) is 25.2 Å². The molecule has 0 atom stereocenters. The van der Waals surface area contributed by atoms with Gasteiger partial charge in [0.15, 0.2) is 0 Å². The zero-order chi connectivity index (χ0) is 11.9. The summed E-state index contributed by atoms with van der Waals surface area (Å²) >= 11 is 1.66. The fourth-order valence-electron chi connectivity index (χ4n) is 1.86. The third kappa shape index (κ3) is 1.72. The first kappa shape index (κ1) is 11.5. The summed E-state index contributed by atoms with van der Waals surface area (Å²) in [7, 11) is 0. The predicted molar refractivity (Wildman–Crippen MR) is 68.9 cm³/mol. The molecule has 16 heavy (non-hydrogen) atoms. The number of pyridine rings is 1. The Morgan fingerprint density at radius 1 is 1.44 bits per heavy atom. The fourth-order valence-corrected chi connectivity index (χ4v) is 2.50. The molecule has 2 heterocycles. The predicted octanol–water partition coefficient (Wildman–Crippen LogP) is 2.56. The third-order valence-electron chi connectivity index (χ3n) is 2.60. The molecule has 0 aliphatic rings. The van der Waals surface area contributed by atoms with E-state index in [9.17, 15) is 0 Å². The topological polar surface area (TPSA) is 43.3 Å². The Bertz CT molecular complexity index is 523. The molecular weight excluding hydrogens is 218 g/mol. The SMILES string of the molecule is CSc1nc(C(C)(C)N)n2cccc(C)c12. The smallest absolute Gasteiger partial charge is 0.134 e. The van der Waals surface area contributed by atoms with E-state index in [2.05, 4.69) is 22.4 Å². The van der Waals surface area contributed by atoms with Crippen LogP contribution in [0.3, 0.4) is 0 Å². The first-order valence-corrected chi connectivity index (χ1v) is 6.48. The van der Waals surface area contributed by atoms with E-state index >= 15 is 0 Å². The summed E-state index contributed by atoms with van der Waals surface area (Å²) in [5.41, 5.74) is 8.12. The molecule has 0 saturated heterocycles. The molecule has 0 aliphatic carbocycles. The molecule has 0 aliphatic heterocycles. The molecule has 0 amide bonds. The molecule has 2 aromatic rings. The Morgan fingerprint density at radius 2 is 2.12 bits per heavy atom. The number of imidazole rings is 1. The zero-order valence-corrected chi connectivity index (χ0v) is 10.9. The highest BCUT2D eigenvalue weighted by molar-refractivity contribution is 7.98. The normalized spacial score (nSPS) is 12.3. The summed E-state index contributed by atoms with van der Waals surface area (Å²) < 4.78 is 2.10. The molecule has 0 unspecified atom stereocenters. The van der Waals surface area contributed by atoms with Crippen LogP contribution in [0, 0.1) is 6.92 Å². The van der Waals surface area contributed by atoms with Crippen LogP contribution in [-0.4, -0.2) is 15.6 Å². The first-order valence-electron chi connectivity index (χ1n) is 5.26. The molecule has 86 valence electrons. The molecule has 0 bridgehead atoms. The molecule has 0 aromatic carbocycles. The second kappa shape index (κ2) is 3.79. The second-order valence-electron chi connectivity index (χ2n) is 4.58. The van der Waals surface area contributed by atoms with Crippen LogP contribution in [0.2, 0.25) is 0 Å². The average molecular weight is 235 g/mol. The molecule has 0 fully saturated rings. The number of hydrogen-bond donors (Lipinski definition) is 1. The molecule has 2 aromatic heterocycles. The van der Waals surface area contributed by atoms with Crippen molar-refractivity contribution in [2.45, 2.75) is 31.3 Å². The first-order chi connectivity index (χ1) is 7.45. The summed E-state index contributed by atoms with van der Waals surface area (Å²) in [5, 5.41) is 1.05. The quantitative estimate of drug-likeness (QED) is 0.814. The van der Waals surface area contributed by atoms with E-state index < -0.39 is 5.54 Å². The van der Waals surface area contributed by atoms with Gasteiger partial charge in [0.1, 0.15) is 10.9 Å². The van der Waals surface area contributed by atoms with Gasteiger partial charge >= 0.3 is 0 Å². The maximum Gasteiger partial charge on any atom is 0.134 e. The van der Waals surface area contributed by atoms with Crippen LogP contribution in [0.25, 0.3) is 5.52 Å². The summed E-state index contributed by atoms with van der Waals surface area (Å²) in [6, 6.07) is 4.13. The summed E-state index contributed by atoms with van der Waals surface area (Å²) in [5.74, 6) is 0.913. The summed E-state index contributed by atoms with van der Waals surface area (Å²) in [4.78, 5) is 4.64. The number of nitrogens with two attached hydrogens (primary N) is 1. The van der Waals surface area contributed by atoms with Gasteiger partial charge in [-0.25, -0.2) is 4.98 Å². The van der Waals surface area contributed by atoms with Crippen molar-refractivity contribution >= 4 is 17.3 Å². The fraction of sp³-hybridized carbons (Fsp3) is 0.417. The van der Waals surface area contributed by atoms with E-state index in [4.69, 9.17) is 5.73 Å². The van der Waals surface area contributed by atoms with Gasteiger partial charge in [-0.15, -0.1) is 11.8 Å². The van der Waals surface area contributed by atoms with Gasteiger partial charge in [-0.1, -0.05) is 6.07 Å². The lowest BCUT2D eigenvalue weighted by atomic mass is 10.1. The van der Waals surface area contributed by atoms with Crippen molar-refractivity contribution in [3.8, 4) is 0 Å². The summed E-state index contributed by atoms with van der Waals surface area (Å²) in [6.45, 7) is 6.06. The lowest BCUT2D eigenvalue weighted by molar-refractivity contribution is 0.509. The highest BCUT2D eigenvalue weighted by Gasteiger charge is 2.23. The Labute approximate surface area is 100 Å². The van der Waals surface area contributed by atoms with E-state index in [1.807, 2.05) is 32.4 Å². The standard InChI is InChI=1S/C12H17N3S/c1-8-6-5-7-15-9(8)10(16-4)14-11(15)12(2,3)13/h5-7H,13H2,1-4H3. The average Bonchev–Trinajstić information content (AvgIpc) is 2.57. The van der Waals surface area contributed by atoms with Crippen molar-refractivity contribution in [2.75, 3.05) is 6.26 Å². The lowest BCUT2D eigenvalue weighted by Crippen LogP contribution is -2.31. The van der Waals surface area contributed by atoms with Crippen molar-refractivity contribution in [2.24, 2.45) is 5.73 Å². The molecule has 2 N–H and O–H groups in total. The van der Waals surface area contributed by atoms with E-state index in [1.165, 1.54) is 11.1 Å². The zero-order valence-electron chi connectivity index (χ0n) is 10.1. The number of nitrogens with zero attached hydrogens (tertiary/aromatic N) is 2.